The lowest BCUT2D eigenvalue weighted by Gasteiger charge is -2.36. The maximum atomic E-state index is 5.68. The van der Waals surface area contributed by atoms with Crippen molar-refractivity contribution in [3.05, 3.63) is 28.2 Å². The number of benzene rings is 1. The van der Waals surface area contributed by atoms with Crippen LogP contribution in [0.4, 0.5) is 5.69 Å². The highest BCUT2D eigenvalue weighted by Crippen LogP contribution is 2.38. The predicted molar refractivity (Wildman–Crippen MR) is 97.9 cm³/mol. The molecule has 0 radical (unpaired) electrons. The monoisotopic (exact) mass is 372 g/mol. The summed E-state index contributed by atoms with van der Waals surface area (Å²) in [6.45, 7) is 1.02. The van der Waals surface area contributed by atoms with Crippen LogP contribution >= 0.6 is 39.9 Å². The molecule has 1 fully saturated rings. The first-order valence-corrected chi connectivity index (χ1v) is 9.37. The number of thiocarbonyl (C=S) groups is 1. The second kappa shape index (κ2) is 7.14. The molecule has 0 spiro atoms. The van der Waals surface area contributed by atoms with Gasteiger partial charge in [0, 0.05) is 27.0 Å². The summed E-state index contributed by atoms with van der Waals surface area (Å²) in [7, 11) is 0. The van der Waals surface area contributed by atoms with Crippen LogP contribution in [0.3, 0.4) is 0 Å². The van der Waals surface area contributed by atoms with E-state index in [1.165, 1.54) is 32.1 Å². The molecule has 0 aromatic heterocycles. The SMILES string of the molecule is CSC1(CNc2ccc(C(N)=S)c(Br)c2)CCCCC1. The molecule has 0 heterocycles. The highest BCUT2D eigenvalue weighted by atomic mass is 79.9. The fourth-order valence-electron chi connectivity index (χ4n) is 2.74. The Morgan fingerprint density at radius 1 is 1.40 bits per heavy atom. The van der Waals surface area contributed by atoms with Crippen molar-refractivity contribution in [1.82, 2.24) is 0 Å². The summed E-state index contributed by atoms with van der Waals surface area (Å²) in [5, 5.41) is 3.58. The Morgan fingerprint density at radius 3 is 2.65 bits per heavy atom. The molecule has 1 aromatic carbocycles. The van der Waals surface area contributed by atoms with Gasteiger partial charge in [0.15, 0.2) is 0 Å². The number of anilines is 1. The topological polar surface area (TPSA) is 38.0 Å². The molecular weight excluding hydrogens is 352 g/mol. The van der Waals surface area contributed by atoms with E-state index in [4.69, 9.17) is 18.0 Å². The zero-order chi connectivity index (χ0) is 14.6. The van der Waals surface area contributed by atoms with Gasteiger partial charge < -0.3 is 11.1 Å². The predicted octanol–water partition coefficient (Wildman–Crippen LogP) is 4.56. The molecule has 1 aromatic rings. The standard InChI is InChI=1S/C15H21BrN2S2/c1-20-15(7-3-2-4-8-15)10-18-11-5-6-12(14(17)19)13(16)9-11/h5-6,9,18H,2-4,7-8,10H2,1H3,(H2,17,19). The summed E-state index contributed by atoms with van der Waals surface area (Å²) >= 11 is 10.6. The Bertz CT molecular complexity index is 485. The third kappa shape index (κ3) is 3.89. The fraction of sp³-hybridized carbons (Fsp3) is 0.533. The van der Waals surface area contributed by atoms with Gasteiger partial charge in [0.05, 0.1) is 0 Å². The van der Waals surface area contributed by atoms with Crippen LogP contribution in [0.25, 0.3) is 0 Å². The third-order valence-electron chi connectivity index (χ3n) is 4.05. The first-order chi connectivity index (χ1) is 9.56. The van der Waals surface area contributed by atoms with E-state index < -0.39 is 0 Å². The number of hydrogen-bond donors (Lipinski definition) is 2. The van der Waals surface area contributed by atoms with Gasteiger partial charge in [-0.15, -0.1) is 0 Å². The highest BCUT2D eigenvalue weighted by Gasteiger charge is 2.30. The Morgan fingerprint density at radius 2 is 2.10 bits per heavy atom. The fourth-order valence-corrected chi connectivity index (χ4v) is 4.55. The minimum absolute atomic E-state index is 0.395. The van der Waals surface area contributed by atoms with Crippen molar-refractivity contribution in [1.29, 1.82) is 0 Å². The Labute approximate surface area is 139 Å². The molecule has 0 amide bonds. The van der Waals surface area contributed by atoms with Gasteiger partial charge in [0.2, 0.25) is 0 Å². The van der Waals surface area contributed by atoms with Crippen molar-refractivity contribution >= 4 is 50.6 Å². The molecule has 20 heavy (non-hydrogen) atoms. The number of rotatable bonds is 5. The second-order valence-corrected chi connectivity index (χ2v) is 7.93. The summed E-state index contributed by atoms with van der Waals surface area (Å²) in [5.74, 6) is 0. The molecule has 3 N–H and O–H groups in total. The third-order valence-corrected chi connectivity index (χ3v) is 6.34. The van der Waals surface area contributed by atoms with E-state index in [0.29, 0.717) is 9.74 Å². The number of halogens is 1. The van der Waals surface area contributed by atoms with Crippen LogP contribution in [0.1, 0.15) is 37.7 Å². The first kappa shape index (κ1) is 16.1. The maximum absolute atomic E-state index is 5.68. The molecule has 1 aliphatic rings. The minimum Gasteiger partial charge on any atom is -0.389 e. The molecule has 0 saturated heterocycles. The van der Waals surface area contributed by atoms with E-state index in [9.17, 15) is 0 Å². The lowest BCUT2D eigenvalue weighted by atomic mass is 9.88. The summed E-state index contributed by atoms with van der Waals surface area (Å²) < 4.78 is 1.35. The van der Waals surface area contributed by atoms with Crippen molar-refractivity contribution in [3.8, 4) is 0 Å². The zero-order valence-electron chi connectivity index (χ0n) is 11.7. The largest absolute Gasteiger partial charge is 0.389 e. The van der Waals surface area contributed by atoms with Crippen LogP contribution < -0.4 is 11.1 Å². The van der Waals surface area contributed by atoms with Gasteiger partial charge in [0.1, 0.15) is 4.99 Å². The van der Waals surface area contributed by atoms with E-state index in [-0.39, 0.29) is 0 Å². The molecule has 5 heteroatoms. The first-order valence-electron chi connectivity index (χ1n) is 6.95. The summed E-state index contributed by atoms with van der Waals surface area (Å²) in [6.07, 6.45) is 8.95. The maximum Gasteiger partial charge on any atom is 0.105 e. The molecule has 0 atom stereocenters. The van der Waals surface area contributed by atoms with Crippen LogP contribution in [-0.4, -0.2) is 22.5 Å². The van der Waals surface area contributed by atoms with Gasteiger partial charge in [-0.05, 0) is 53.2 Å². The van der Waals surface area contributed by atoms with Gasteiger partial charge in [-0.1, -0.05) is 31.5 Å². The van der Waals surface area contributed by atoms with E-state index in [1.54, 1.807) is 0 Å². The van der Waals surface area contributed by atoms with E-state index >= 15 is 0 Å². The zero-order valence-corrected chi connectivity index (χ0v) is 15.0. The summed E-state index contributed by atoms with van der Waals surface area (Å²) in [5.41, 5.74) is 7.69. The van der Waals surface area contributed by atoms with Gasteiger partial charge in [0.25, 0.3) is 0 Å². The second-order valence-electron chi connectivity index (χ2n) is 5.36. The number of hydrogen-bond acceptors (Lipinski definition) is 3. The average Bonchev–Trinajstić information content (AvgIpc) is 2.46. The molecule has 0 aliphatic heterocycles. The number of thioether (sulfide) groups is 1. The van der Waals surface area contributed by atoms with Crippen molar-refractivity contribution in [2.24, 2.45) is 5.73 Å². The lowest BCUT2D eigenvalue weighted by Crippen LogP contribution is -2.35. The highest BCUT2D eigenvalue weighted by molar-refractivity contribution is 9.10. The smallest absolute Gasteiger partial charge is 0.105 e. The van der Waals surface area contributed by atoms with Gasteiger partial charge in [-0.2, -0.15) is 11.8 Å². The van der Waals surface area contributed by atoms with E-state index in [2.05, 4.69) is 39.6 Å². The number of nitrogens with one attached hydrogen (secondary N) is 1. The molecule has 1 aliphatic carbocycles. The molecule has 2 rings (SSSR count). The average molecular weight is 373 g/mol. The van der Waals surface area contributed by atoms with Crippen LogP contribution in [0.5, 0.6) is 0 Å². The van der Waals surface area contributed by atoms with Gasteiger partial charge in [-0.3, -0.25) is 0 Å². The Balaban J connectivity index is 2.03. The van der Waals surface area contributed by atoms with Crippen molar-refractivity contribution < 1.29 is 0 Å². The summed E-state index contributed by atoms with van der Waals surface area (Å²) in [4.78, 5) is 0.427. The van der Waals surface area contributed by atoms with E-state index in [0.717, 1.165) is 22.3 Å². The van der Waals surface area contributed by atoms with Crippen LogP contribution in [-0.2, 0) is 0 Å². The van der Waals surface area contributed by atoms with Crippen molar-refractivity contribution in [2.75, 3.05) is 18.1 Å². The molecular formula is C15H21BrN2S2. The van der Waals surface area contributed by atoms with Crippen LogP contribution in [0.2, 0.25) is 0 Å². The van der Waals surface area contributed by atoms with Crippen molar-refractivity contribution in [3.63, 3.8) is 0 Å². The molecule has 0 unspecified atom stereocenters. The minimum atomic E-state index is 0.395. The molecule has 1 saturated carbocycles. The van der Waals surface area contributed by atoms with Gasteiger partial charge >= 0.3 is 0 Å². The Hall–Kier alpha value is -0.260. The van der Waals surface area contributed by atoms with E-state index in [1.807, 2.05) is 17.8 Å². The van der Waals surface area contributed by atoms with Crippen LogP contribution in [0.15, 0.2) is 22.7 Å². The number of nitrogens with two attached hydrogens (primary N) is 1. The van der Waals surface area contributed by atoms with Gasteiger partial charge in [-0.25, -0.2) is 0 Å². The molecule has 110 valence electrons. The van der Waals surface area contributed by atoms with Crippen LogP contribution in [0, 0.1) is 0 Å². The summed E-state index contributed by atoms with van der Waals surface area (Å²) in [6, 6.07) is 6.09. The van der Waals surface area contributed by atoms with Crippen molar-refractivity contribution in [2.45, 2.75) is 36.9 Å². The lowest BCUT2D eigenvalue weighted by molar-refractivity contribution is 0.411. The quantitative estimate of drug-likeness (QED) is 0.742. The molecule has 2 nitrogen and oxygen atoms in total. The Kier molecular flexibility index (Phi) is 5.75. The normalized spacial score (nSPS) is 17.7. The molecule has 0 bridgehead atoms.